The summed E-state index contributed by atoms with van der Waals surface area (Å²) >= 11 is 9.35. The third kappa shape index (κ3) is 3.80. The lowest BCUT2D eigenvalue weighted by Crippen LogP contribution is -2.33. The van der Waals surface area contributed by atoms with E-state index in [0.717, 1.165) is 24.0 Å². The van der Waals surface area contributed by atoms with Crippen molar-refractivity contribution >= 4 is 33.4 Å². The lowest BCUT2D eigenvalue weighted by atomic mass is 10.1. The SMILES string of the molecule is CCN(CCBr)C(=O)Cc1ccccc1Cl. The van der Waals surface area contributed by atoms with Gasteiger partial charge in [0.05, 0.1) is 6.42 Å². The van der Waals surface area contributed by atoms with Crippen LogP contribution in [0.4, 0.5) is 0 Å². The normalized spacial score (nSPS) is 10.2. The highest BCUT2D eigenvalue weighted by Crippen LogP contribution is 2.16. The minimum Gasteiger partial charge on any atom is -0.342 e. The number of hydrogen-bond acceptors (Lipinski definition) is 1. The number of nitrogens with zero attached hydrogens (tertiary/aromatic N) is 1. The van der Waals surface area contributed by atoms with Crippen LogP contribution in [0.1, 0.15) is 12.5 Å². The largest absolute Gasteiger partial charge is 0.342 e. The lowest BCUT2D eigenvalue weighted by Gasteiger charge is -2.19. The number of carbonyl (C=O) groups is 1. The molecule has 0 saturated carbocycles. The molecule has 0 heterocycles. The summed E-state index contributed by atoms with van der Waals surface area (Å²) in [5.41, 5.74) is 0.891. The molecule has 0 aliphatic carbocycles. The maximum absolute atomic E-state index is 11.9. The second kappa shape index (κ2) is 6.92. The highest BCUT2D eigenvalue weighted by atomic mass is 79.9. The zero-order valence-corrected chi connectivity index (χ0v) is 11.6. The third-order valence-electron chi connectivity index (χ3n) is 2.39. The number of likely N-dealkylation sites (N-methyl/N-ethyl adjacent to an activating group) is 1. The Morgan fingerprint density at radius 1 is 1.44 bits per heavy atom. The van der Waals surface area contributed by atoms with E-state index in [-0.39, 0.29) is 5.91 Å². The molecule has 0 saturated heterocycles. The fourth-order valence-corrected chi connectivity index (χ4v) is 2.11. The summed E-state index contributed by atoms with van der Waals surface area (Å²) in [6, 6.07) is 7.47. The standard InChI is InChI=1S/C12H15BrClNO/c1-2-15(8-7-13)12(16)9-10-5-3-4-6-11(10)14/h3-6H,2,7-9H2,1H3. The Morgan fingerprint density at radius 3 is 2.69 bits per heavy atom. The fraction of sp³-hybridized carbons (Fsp3) is 0.417. The predicted molar refractivity (Wildman–Crippen MR) is 71.2 cm³/mol. The number of amides is 1. The molecule has 88 valence electrons. The van der Waals surface area contributed by atoms with Crippen LogP contribution in [-0.4, -0.2) is 29.2 Å². The number of alkyl halides is 1. The Balaban J connectivity index is 2.66. The van der Waals surface area contributed by atoms with E-state index in [0.29, 0.717) is 11.4 Å². The summed E-state index contributed by atoms with van der Waals surface area (Å²) in [5.74, 6) is 0.120. The van der Waals surface area contributed by atoms with Gasteiger partial charge in [-0.3, -0.25) is 4.79 Å². The number of halogens is 2. The molecule has 0 aliphatic rings. The Labute approximate surface area is 110 Å². The van der Waals surface area contributed by atoms with E-state index in [4.69, 9.17) is 11.6 Å². The Morgan fingerprint density at radius 2 is 2.12 bits per heavy atom. The quantitative estimate of drug-likeness (QED) is 0.765. The minimum absolute atomic E-state index is 0.120. The van der Waals surface area contributed by atoms with Gasteiger partial charge >= 0.3 is 0 Å². The molecule has 0 unspecified atom stereocenters. The Hall–Kier alpha value is -0.540. The summed E-state index contributed by atoms with van der Waals surface area (Å²) in [5, 5.41) is 1.46. The topological polar surface area (TPSA) is 20.3 Å². The van der Waals surface area contributed by atoms with Crippen LogP contribution in [-0.2, 0) is 11.2 Å². The Bertz CT molecular complexity index is 357. The van der Waals surface area contributed by atoms with Crippen molar-refractivity contribution in [2.45, 2.75) is 13.3 Å². The second-order valence-corrected chi connectivity index (χ2v) is 4.63. The molecule has 0 fully saturated rings. The van der Waals surface area contributed by atoms with Crippen LogP contribution in [0.3, 0.4) is 0 Å². The van der Waals surface area contributed by atoms with Crippen LogP contribution in [0.25, 0.3) is 0 Å². The second-order valence-electron chi connectivity index (χ2n) is 3.43. The van der Waals surface area contributed by atoms with Gasteiger partial charge in [0.2, 0.25) is 5.91 Å². The van der Waals surface area contributed by atoms with Crippen molar-refractivity contribution in [3.63, 3.8) is 0 Å². The molecule has 16 heavy (non-hydrogen) atoms. The zero-order chi connectivity index (χ0) is 12.0. The Kier molecular flexibility index (Phi) is 5.85. The van der Waals surface area contributed by atoms with Crippen molar-refractivity contribution in [2.24, 2.45) is 0 Å². The van der Waals surface area contributed by atoms with Gasteiger partial charge in [-0.05, 0) is 18.6 Å². The van der Waals surface area contributed by atoms with Gasteiger partial charge in [0.15, 0.2) is 0 Å². The number of benzene rings is 1. The van der Waals surface area contributed by atoms with Gasteiger partial charge in [-0.15, -0.1) is 0 Å². The maximum Gasteiger partial charge on any atom is 0.227 e. The first-order valence-electron chi connectivity index (χ1n) is 5.26. The number of carbonyl (C=O) groups excluding carboxylic acids is 1. The molecule has 1 rings (SSSR count). The summed E-state index contributed by atoms with van der Waals surface area (Å²) < 4.78 is 0. The maximum atomic E-state index is 11.9. The van der Waals surface area contributed by atoms with Crippen molar-refractivity contribution in [1.29, 1.82) is 0 Å². The lowest BCUT2D eigenvalue weighted by molar-refractivity contribution is -0.130. The summed E-state index contributed by atoms with van der Waals surface area (Å²) in [6.07, 6.45) is 0.376. The average Bonchev–Trinajstić information content (AvgIpc) is 2.29. The molecule has 1 aromatic carbocycles. The highest BCUT2D eigenvalue weighted by molar-refractivity contribution is 9.09. The van der Waals surface area contributed by atoms with Crippen molar-refractivity contribution in [1.82, 2.24) is 4.90 Å². The number of rotatable bonds is 5. The summed E-state index contributed by atoms with van der Waals surface area (Å²) in [4.78, 5) is 13.7. The average molecular weight is 305 g/mol. The molecule has 4 heteroatoms. The molecular formula is C12H15BrClNO. The van der Waals surface area contributed by atoms with E-state index in [1.165, 1.54) is 0 Å². The van der Waals surface area contributed by atoms with Crippen molar-refractivity contribution in [2.75, 3.05) is 18.4 Å². The van der Waals surface area contributed by atoms with Crippen LogP contribution >= 0.6 is 27.5 Å². The molecular weight excluding hydrogens is 289 g/mol. The van der Waals surface area contributed by atoms with Gasteiger partial charge in [-0.25, -0.2) is 0 Å². The van der Waals surface area contributed by atoms with Crippen LogP contribution in [0.5, 0.6) is 0 Å². The van der Waals surface area contributed by atoms with Gasteiger partial charge < -0.3 is 4.90 Å². The zero-order valence-electron chi connectivity index (χ0n) is 9.25. The van der Waals surface area contributed by atoms with Crippen molar-refractivity contribution < 1.29 is 4.79 Å². The van der Waals surface area contributed by atoms with Crippen LogP contribution in [0.2, 0.25) is 5.02 Å². The molecule has 0 aromatic heterocycles. The molecule has 0 spiro atoms. The molecule has 0 bridgehead atoms. The van der Waals surface area contributed by atoms with E-state index in [9.17, 15) is 4.79 Å². The van der Waals surface area contributed by atoms with Gasteiger partial charge in [-0.1, -0.05) is 45.7 Å². The van der Waals surface area contributed by atoms with Crippen LogP contribution < -0.4 is 0 Å². The first kappa shape index (κ1) is 13.5. The summed E-state index contributed by atoms with van der Waals surface area (Å²) in [7, 11) is 0. The van der Waals surface area contributed by atoms with Crippen LogP contribution in [0, 0.1) is 0 Å². The van der Waals surface area contributed by atoms with Gasteiger partial charge in [0, 0.05) is 23.4 Å². The van der Waals surface area contributed by atoms with E-state index >= 15 is 0 Å². The molecule has 0 radical (unpaired) electrons. The van der Waals surface area contributed by atoms with E-state index in [2.05, 4.69) is 15.9 Å². The molecule has 0 aliphatic heterocycles. The van der Waals surface area contributed by atoms with Gasteiger partial charge in [-0.2, -0.15) is 0 Å². The molecule has 2 nitrogen and oxygen atoms in total. The van der Waals surface area contributed by atoms with Crippen LogP contribution in [0.15, 0.2) is 24.3 Å². The molecule has 1 amide bonds. The van der Waals surface area contributed by atoms with Gasteiger partial charge in [0.25, 0.3) is 0 Å². The van der Waals surface area contributed by atoms with E-state index < -0.39 is 0 Å². The first-order chi connectivity index (χ1) is 7.69. The minimum atomic E-state index is 0.120. The van der Waals surface area contributed by atoms with Crippen molar-refractivity contribution in [3.8, 4) is 0 Å². The van der Waals surface area contributed by atoms with Crippen molar-refractivity contribution in [3.05, 3.63) is 34.9 Å². The van der Waals surface area contributed by atoms with Gasteiger partial charge in [0.1, 0.15) is 0 Å². The smallest absolute Gasteiger partial charge is 0.227 e. The molecule has 0 N–H and O–H groups in total. The first-order valence-corrected chi connectivity index (χ1v) is 6.76. The molecule has 1 aromatic rings. The predicted octanol–water partition coefficient (Wildman–Crippen LogP) is 3.13. The molecule has 0 atom stereocenters. The fourth-order valence-electron chi connectivity index (χ4n) is 1.48. The monoisotopic (exact) mass is 303 g/mol. The number of hydrogen-bond donors (Lipinski definition) is 0. The van der Waals surface area contributed by atoms with E-state index in [1.807, 2.05) is 36.1 Å². The summed E-state index contributed by atoms with van der Waals surface area (Å²) in [6.45, 7) is 3.45. The third-order valence-corrected chi connectivity index (χ3v) is 3.11. The highest BCUT2D eigenvalue weighted by Gasteiger charge is 2.12. The van der Waals surface area contributed by atoms with E-state index in [1.54, 1.807) is 0 Å².